The summed E-state index contributed by atoms with van der Waals surface area (Å²) in [5.74, 6) is 0. The summed E-state index contributed by atoms with van der Waals surface area (Å²) < 4.78 is 0.977. The molecular weight excluding hydrogens is 298 g/mol. The summed E-state index contributed by atoms with van der Waals surface area (Å²) in [6.07, 6.45) is 0. The van der Waals surface area contributed by atoms with E-state index in [2.05, 4.69) is 22.5 Å². The Hall–Kier alpha value is -1.25. The number of nitrogens with two attached hydrogens (primary N) is 1. The molecule has 0 aliphatic carbocycles. The maximum Gasteiger partial charge on any atom is 0.0412 e. The Morgan fingerprint density at radius 3 is 2.65 bits per heavy atom. The van der Waals surface area contributed by atoms with Crippen molar-refractivity contribution in [2.24, 2.45) is 0 Å². The van der Waals surface area contributed by atoms with Crippen LogP contribution in [0.1, 0.15) is 11.1 Å². The quantitative estimate of drug-likeness (QED) is 0.796. The van der Waals surface area contributed by atoms with Crippen LogP contribution in [0.25, 0.3) is 5.57 Å². The van der Waals surface area contributed by atoms with E-state index in [1.807, 2.05) is 42.5 Å². The molecule has 0 atom stereocenters. The summed E-state index contributed by atoms with van der Waals surface area (Å²) in [6, 6.07) is 13.3. The van der Waals surface area contributed by atoms with Crippen molar-refractivity contribution in [2.75, 3.05) is 5.73 Å². The Labute approximate surface area is 114 Å². The number of hydrogen-bond donors (Lipinski definition) is 1. The van der Waals surface area contributed by atoms with Gasteiger partial charge in [-0.25, -0.2) is 0 Å². The summed E-state index contributed by atoms with van der Waals surface area (Å²) in [7, 11) is 0. The molecule has 3 heteroatoms. The normalized spacial score (nSPS) is 10.2. The predicted octanol–water partition coefficient (Wildman–Crippen LogP) is 4.75. The first-order valence-corrected chi connectivity index (χ1v) is 6.25. The van der Waals surface area contributed by atoms with Crippen molar-refractivity contribution >= 4 is 38.8 Å². The smallest absolute Gasteiger partial charge is 0.0412 e. The predicted molar refractivity (Wildman–Crippen MR) is 78.1 cm³/mol. The standard InChI is InChI=1S/C14H11BrClN/c1-9(10-3-2-4-12(16)7-10)13-8-11(15)5-6-14(13)17/h2-8H,1,17H2. The molecule has 1 nitrogen and oxygen atoms in total. The number of benzene rings is 2. The van der Waals surface area contributed by atoms with Crippen molar-refractivity contribution in [3.8, 4) is 0 Å². The van der Waals surface area contributed by atoms with Crippen LogP contribution in [0.5, 0.6) is 0 Å². The summed E-state index contributed by atoms with van der Waals surface area (Å²) in [6.45, 7) is 4.08. The Bertz CT molecular complexity index is 578. The van der Waals surface area contributed by atoms with E-state index < -0.39 is 0 Å². The number of hydrogen-bond acceptors (Lipinski definition) is 1. The van der Waals surface area contributed by atoms with Gasteiger partial charge < -0.3 is 5.73 Å². The van der Waals surface area contributed by atoms with Crippen molar-refractivity contribution in [3.63, 3.8) is 0 Å². The summed E-state index contributed by atoms with van der Waals surface area (Å²) in [5.41, 5.74) is 9.42. The first-order chi connectivity index (χ1) is 8.08. The van der Waals surface area contributed by atoms with Gasteiger partial charge in [-0.05, 0) is 41.5 Å². The van der Waals surface area contributed by atoms with Gasteiger partial charge in [0.15, 0.2) is 0 Å². The molecule has 0 aliphatic rings. The minimum Gasteiger partial charge on any atom is -0.398 e. The molecule has 2 N–H and O–H groups in total. The fourth-order valence-corrected chi connectivity index (χ4v) is 2.17. The molecule has 0 aliphatic heterocycles. The molecule has 0 heterocycles. The molecule has 2 aromatic rings. The van der Waals surface area contributed by atoms with Crippen LogP contribution in [0.4, 0.5) is 5.69 Å². The third-order valence-electron chi connectivity index (χ3n) is 2.51. The van der Waals surface area contributed by atoms with Crippen LogP contribution in [-0.2, 0) is 0 Å². The van der Waals surface area contributed by atoms with Crippen LogP contribution in [-0.4, -0.2) is 0 Å². The zero-order chi connectivity index (χ0) is 12.4. The molecule has 0 unspecified atom stereocenters. The second-order valence-corrected chi connectivity index (χ2v) is 5.07. The van der Waals surface area contributed by atoms with Crippen LogP contribution in [0.15, 0.2) is 53.5 Å². The van der Waals surface area contributed by atoms with Gasteiger partial charge in [0.25, 0.3) is 0 Å². The molecular formula is C14H11BrClN. The zero-order valence-electron chi connectivity index (χ0n) is 9.08. The van der Waals surface area contributed by atoms with Gasteiger partial charge in [0.05, 0.1) is 0 Å². The molecule has 0 spiro atoms. The van der Waals surface area contributed by atoms with Crippen LogP contribution < -0.4 is 5.73 Å². The molecule has 0 amide bonds. The molecule has 0 fully saturated rings. The first-order valence-electron chi connectivity index (χ1n) is 5.08. The Kier molecular flexibility index (Phi) is 3.55. The third-order valence-corrected chi connectivity index (χ3v) is 3.24. The third kappa shape index (κ3) is 2.71. The van der Waals surface area contributed by atoms with Crippen LogP contribution in [0, 0.1) is 0 Å². The van der Waals surface area contributed by atoms with Crippen molar-refractivity contribution < 1.29 is 0 Å². The highest BCUT2D eigenvalue weighted by atomic mass is 79.9. The second kappa shape index (κ2) is 4.94. The fraction of sp³-hybridized carbons (Fsp3) is 0. The molecule has 0 saturated carbocycles. The molecule has 17 heavy (non-hydrogen) atoms. The highest BCUT2D eigenvalue weighted by Crippen LogP contribution is 2.30. The zero-order valence-corrected chi connectivity index (χ0v) is 11.4. The van der Waals surface area contributed by atoms with E-state index in [9.17, 15) is 0 Å². The van der Waals surface area contributed by atoms with Crippen molar-refractivity contribution in [2.45, 2.75) is 0 Å². The Balaban J connectivity index is 2.47. The maximum atomic E-state index is 5.97. The highest BCUT2D eigenvalue weighted by molar-refractivity contribution is 9.10. The van der Waals surface area contributed by atoms with E-state index >= 15 is 0 Å². The topological polar surface area (TPSA) is 26.0 Å². The molecule has 0 aromatic heterocycles. The number of nitrogen functional groups attached to an aromatic ring is 1. The fourth-order valence-electron chi connectivity index (χ4n) is 1.62. The summed E-state index contributed by atoms with van der Waals surface area (Å²) >= 11 is 9.39. The van der Waals surface area contributed by atoms with Crippen LogP contribution >= 0.6 is 27.5 Å². The molecule has 2 rings (SSSR count). The molecule has 86 valence electrons. The van der Waals surface area contributed by atoms with Crippen molar-refractivity contribution in [1.82, 2.24) is 0 Å². The lowest BCUT2D eigenvalue weighted by Gasteiger charge is -2.10. The van der Waals surface area contributed by atoms with Gasteiger partial charge >= 0.3 is 0 Å². The van der Waals surface area contributed by atoms with Crippen LogP contribution in [0.2, 0.25) is 5.02 Å². The van der Waals surface area contributed by atoms with Crippen LogP contribution in [0.3, 0.4) is 0 Å². The first kappa shape index (κ1) is 12.2. The van der Waals surface area contributed by atoms with E-state index in [0.29, 0.717) is 10.7 Å². The van der Waals surface area contributed by atoms with Gasteiger partial charge in [0.2, 0.25) is 0 Å². The molecule has 0 saturated heterocycles. The van der Waals surface area contributed by atoms with Gasteiger partial charge in [-0.3, -0.25) is 0 Å². The number of halogens is 2. The van der Waals surface area contributed by atoms with Gasteiger partial charge in [0.1, 0.15) is 0 Å². The van der Waals surface area contributed by atoms with E-state index in [1.165, 1.54) is 0 Å². The minimum absolute atomic E-state index is 0.692. The van der Waals surface area contributed by atoms with Crippen molar-refractivity contribution in [1.29, 1.82) is 0 Å². The molecule has 0 bridgehead atoms. The lowest BCUT2D eigenvalue weighted by molar-refractivity contribution is 1.53. The van der Waals surface area contributed by atoms with Gasteiger partial charge in [0, 0.05) is 20.7 Å². The lowest BCUT2D eigenvalue weighted by Crippen LogP contribution is -1.94. The summed E-state index contributed by atoms with van der Waals surface area (Å²) in [5, 5.41) is 0.692. The lowest BCUT2D eigenvalue weighted by atomic mass is 9.98. The largest absolute Gasteiger partial charge is 0.398 e. The van der Waals surface area contributed by atoms with Gasteiger partial charge in [-0.15, -0.1) is 0 Å². The summed E-state index contributed by atoms with van der Waals surface area (Å²) in [4.78, 5) is 0. The average molecular weight is 309 g/mol. The maximum absolute atomic E-state index is 5.97. The van der Waals surface area contributed by atoms with E-state index in [-0.39, 0.29) is 0 Å². The molecule has 0 radical (unpaired) electrons. The van der Waals surface area contributed by atoms with Crippen molar-refractivity contribution in [3.05, 3.63) is 69.7 Å². The molecule has 2 aromatic carbocycles. The van der Waals surface area contributed by atoms with Gasteiger partial charge in [-0.1, -0.05) is 46.2 Å². The number of anilines is 1. The van der Waals surface area contributed by atoms with E-state index in [0.717, 1.165) is 21.2 Å². The van der Waals surface area contributed by atoms with E-state index in [4.69, 9.17) is 17.3 Å². The van der Waals surface area contributed by atoms with Gasteiger partial charge in [-0.2, -0.15) is 0 Å². The SMILES string of the molecule is C=C(c1cccc(Cl)c1)c1cc(Br)ccc1N. The minimum atomic E-state index is 0.692. The number of rotatable bonds is 2. The Morgan fingerprint density at radius 2 is 1.94 bits per heavy atom. The Morgan fingerprint density at radius 1 is 1.18 bits per heavy atom. The van der Waals surface area contributed by atoms with E-state index in [1.54, 1.807) is 0 Å². The second-order valence-electron chi connectivity index (χ2n) is 3.72. The monoisotopic (exact) mass is 307 g/mol. The highest BCUT2D eigenvalue weighted by Gasteiger charge is 2.07. The average Bonchev–Trinajstić information content (AvgIpc) is 2.31.